The van der Waals surface area contributed by atoms with Gasteiger partial charge in [0.2, 0.25) is 0 Å². The third-order valence-corrected chi connectivity index (χ3v) is 2.56. The Hall–Kier alpha value is -2.10. The van der Waals surface area contributed by atoms with Crippen LogP contribution in [-0.4, -0.2) is 23.9 Å². The predicted molar refractivity (Wildman–Crippen MR) is 81.5 cm³/mol. The number of rotatable bonds is 4. The molecule has 0 fully saturated rings. The highest BCUT2D eigenvalue weighted by molar-refractivity contribution is 5.48. The summed E-state index contributed by atoms with van der Waals surface area (Å²) >= 11 is 0. The van der Waals surface area contributed by atoms with Crippen LogP contribution in [0.1, 0.15) is 11.1 Å². The molecule has 0 amide bonds. The number of hydrogen-bond donors (Lipinski definition) is 2. The van der Waals surface area contributed by atoms with Gasteiger partial charge < -0.3 is 14.9 Å². The Bertz CT molecular complexity index is 466. The summed E-state index contributed by atoms with van der Waals surface area (Å²) in [7, 11) is 1.62. The zero-order valence-electron chi connectivity index (χ0n) is 11.6. The summed E-state index contributed by atoms with van der Waals surface area (Å²) in [5.41, 5.74) is 2.03. The van der Waals surface area contributed by atoms with Gasteiger partial charge in [-0.1, -0.05) is 54.6 Å². The van der Waals surface area contributed by atoms with Gasteiger partial charge in [-0.3, -0.25) is 0 Å². The monoisotopic (exact) mass is 272 g/mol. The number of aliphatic hydroxyl groups is 2. The van der Waals surface area contributed by atoms with Crippen molar-refractivity contribution in [3.05, 3.63) is 71.8 Å². The number of methoxy groups -OCH3 is 1. The standard InChI is InChI=1S/C9H10O.C8H10O2/c10-8-4-7-9-5-2-1-3-6-9;1-10-8-4-2-7(6-9)3-5-8/h1-7,10H,8H2;2-5,9H,6H2,1H3. The highest BCUT2D eigenvalue weighted by atomic mass is 16.5. The van der Waals surface area contributed by atoms with E-state index in [2.05, 4.69) is 0 Å². The van der Waals surface area contributed by atoms with Gasteiger partial charge in [0, 0.05) is 0 Å². The molecule has 0 bridgehead atoms. The minimum absolute atomic E-state index is 0.0873. The van der Waals surface area contributed by atoms with Crippen molar-refractivity contribution in [3.63, 3.8) is 0 Å². The molecule has 0 saturated carbocycles. The lowest BCUT2D eigenvalue weighted by atomic mass is 10.2. The van der Waals surface area contributed by atoms with Crippen molar-refractivity contribution >= 4 is 6.08 Å². The topological polar surface area (TPSA) is 49.7 Å². The highest BCUT2D eigenvalue weighted by Crippen LogP contribution is 2.10. The average molecular weight is 272 g/mol. The second-order valence-corrected chi connectivity index (χ2v) is 4.00. The van der Waals surface area contributed by atoms with Crippen LogP contribution in [0.4, 0.5) is 0 Å². The van der Waals surface area contributed by atoms with Crippen LogP contribution in [-0.2, 0) is 6.61 Å². The van der Waals surface area contributed by atoms with E-state index in [-0.39, 0.29) is 13.2 Å². The van der Waals surface area contributed by atoms with Gasteiger partial charge in [-0.15, -0.1) is 0 Å². The summed E-state index contributed by atoms with van der Waals surface area (Å²) in [6.45, 7) is 0.193. The van der Waals surface area contributed by atoms with Crippen LogP contribution in [0.15, 0.2) is 60.7 Å². The third-order valence-electron chi connectivity index (χ3n) is 2.56. The van der Waals surface area contributed by atoms with Crippen LogP contribution < -0.4 is 4.74 Å². The fourth-order valence-corrected chi connectivity index (χ4v) is 1.48. The maximum atomic E-state index is 8.66. The minimum atomic E-state index is 0.0873. The van der Waals surface area contributed by atoms with Gasteiger partial charge in [0.25, 0.3) is 0 Å². The Morgan fingerprint density at radius 3 is 2.10 bits per heavy atom. The molecule has 0 heterocycles. The van der Waals surface area contributed by atoms with Gasteiger partial charge in [0.05, 0.1) is 20.3 Å². The highest BCUT2D eigenvalue weighted by Gasteiger charge is 1.89. The SMILES string of the molecule is COc1ccc(CO)cc1.OCC=Cc1ccccc1. The lowest BCUT2D eigenvalue weighted by molar-refractivity contribution is 0.281. The lowest BCUT2D eigenvalue weighted by Crippen LogP contribution is -1.84. The molecule has 2 rings (SSSR count). The van der Waals surface area contributed by atoms with Crippen molar-refractivity contribution in [2.45, 2.75) is 6.61 Å². The van der Waals surface area contributed by atoms with Gasteiger partial charge in [-0.05, 0) is 23.3 Å². The zero-order valence-corrected chi connectivity index (χ0v) is 11.6. The molecule has 0 aliphatic rings. The minimum Gasteiger partial charge on any atom is -0.497 e. The smallest absolute Gasteiger partial charge is 0.118 e. The first kappa shape index (κ1) is 16.0. The van der Waals surface area contributed by atoms with Crippen molar-refractivity contribution in [3.8, 4) is 5.75 Å². The van der Waals surface area contributed by atoms with E-state index in [4.69, 9.17) is 14.9 Å². The van der Waals surface area contributed by atoms with E-state index in [1.165, 1.54) is 0 Å². The van der Waals surface area contributed by atoms with Crippen molar-refractivity contribution in [2.24, 2.45) is 0 Å². The molecule has 0 spiro atoms. The van der Waals surface area contributed by atoms with Gasteiger partial charge in [0.15, 0.2) is 0 Å². The molecular weight excluding hydrogens is 252 g/mol. The lowest BCUT2D eigenvalue weighted by Gasteiger charge is -1.98. The molecule has 0 unspecified atom stereocenters. The van der Waals surface area contributed by atoms with E-state index in [1.807, 2.05) is 60.7 Å². The molecule has 2 N–H and O–H groups in total. The van der Waals surface area contributed by atoms with Crippen LogP contribution in [0, 0.1) is 0 Å². The first-order chi connectivity index (χ1) is 9.80. The summed E-state index contributed by atoms with van der Waals surface area (Å²) in [5, 5.41) is 17.1. The summed E-state index contributed by atoms with van der Waals surface area (Å²) in [6, 6.07) is 17.2. The van der Waals surface area contributed by atoms with Crippen molar-refractivity contribution in [1.82, 2.24) is 0 Å². The van der Waals surface area contributed by atoms with E-state index in [0.29, 0.717) is 0 Å². The number of benzene rings is 2. The number of ether oxygens (including phenoxy) is 1. The Kier molecular flexibility index (Phi) is 7.80. The van der Waals surface area contributed by atoms with Crippen LogP contribution in [0.2, 0.25) is 0 Å². The molecule has 2 aromatic rings. The summed E-state index contributed by atoms with van der Waals surface area (Å²) in [6.07, 6.45) is 3.61. The average Bonchev–Trinajstić information content (AvgIpc) is 2.54. The van der Waals surface area contributed by atoms with E-state index < -0.39 is 0 Å². The molecule has 0 saturated heterocycles. The maximum Gasteiger partial charge on any atom is 0.118 e. The normalized spacial score (nSPS) is 9.95. The Balaban J connectivity index is 0.000000200. The molecule has 0 aliphatic carbocycles. The molecule has 106 valence electrons. The van der Waals surface area contributed by atoms with Crippen molar-refractivity contribution in [1.29, 1.82) is 0 Å². The Labute approximate surface area is 119 Å². The van der Waals surface area contributed by atoms with Gasteiger partial charge in [-0.25, -0.2) is 0 Å². The van der Waals surface area contributed by atoms with Crippen LogP contribution >= 0.6 is 0 Å². The van der Waals surface area contributed by atoms with Gasteiger partial charge >= 0.3 is 0 Å². The fraction of sp³-hybridized carbons (Fsp3) is 0.176. The molecule has 0 aliphatic heterocycles. The molecule has 0 atom stereocenters. The molecular formula is C17H20O3. The second kappa shape index (κ2) is 9.78. The largest absolute Gasteiger partial charge is 0.497 e. The molecule has 0 aromatic heterocycles. The maximum absolute atomic E-state index is 8.66. The Morgan fingerprint density at radius 1 is 0.950 bits per heavy atom. The molecule has 2 aromatic carbocycles. The number of aliphatic hydroxyl groups excluding tert-OH is 2. The van der Waals surface area contributed by atoms with E-state index in [1.54, 1.807) is 13.2 Å². The van der Waals surface area contributed by atoms with E-state index in [0.717, 1.165) is 16.9 Å². The van der Waals surface area contributed by atoms with Crippen molar-refractivity contribution < 1.29 is 14.9 Å². The predicted octanol–water partition coefficient (Wildman–Crippen LogP) is 2.88. The first-order valence-electron chi connectivity index (χ1n) is 6.36. The summed E-state index contributed by atoms with van der Waals surface area (Å²) < 4.78 is 4.93. The molecule has 20 heavy (non-hydrogen) atoms. The second-order valence-electron chi connectivity index (χ2n) is 4.00. The van der Waals surface area contributed by atoms with Crippen LogP contribution in [0.5, 0.6) is 5.75 Å². The molecule has 3 heteroatoms. The summed E-state index contributed by atoms with van der Waals surface area (Å²) in [5.74, 6) is 0.817. The fourth-order valence-electron chi connectivity index (χ4n) is 1.48. The van der Waals surface area contributed by atoms with E-state index >= 15 is 0 Å². The first-order valence-corrected chi connectivity index (χ1v) is 6.36. The van der Waals surface area contributed by atoms with E-state index in [9.17, 15) is 0 Å². The van der Waals surface area contributed by atoms with Crippen LogP contribution in [0.25, 0.3) is 6.08 Å². The molecule has 0 radical (unpaired) electrons. The van der Waals surface area contributed by atoms with Crippen molar-refractivity contribution in [2.75, 3.05) is 13.7 Å². The Morgan fingerprint density at radius 2 is 1.60 bits per heavy atom. The van der Waals surface area contributed by atoms with Gasteiger partial charge in [-0.2, -0.15) is 0 Å². The summed E-state index contributed by atoms with van der Waals surface area (Å²) in [4.78, 5) is 0. The van der Waals surface area contributed by atoms with Gasteiger partial charge in [0.1, 0.15) is 5.75 Å². The zero-order chi connectivity index (χ0) is 14.6. The third kappa shape index (κ3) is 6.18. The number of hydrogen-bond acceptors (Lipinski definition) is 3. The van der Waals surface area contributed by atoms with Crippen LogP contribution in [0.3, 0.4) is 0 Å². The quantitative estimate of drug-likeness (QED) is 0.899. The molecule has 3 nitrogen and oxygen atoms in total.